The van der Waals surface area contributed by atoms with E-state index in [-0.39, 0.29) is 12.0 Å². The molecule has 0 fully saturated rings. The van der Waals surface area contributed by atoms with Gasteiger partial charge in [0, 0.05) is 6.08 Å². The van der Waals surface area contributed by atoms with Crippen molar-refractivity contribution in [3.05, 3.63) is 41.2 Å². The topological polar surface area (TPSA) is 61.1 Å². The molecule has 0 aliphatic rings. The first-order chi connectivity index (χ1) is 7.13. The molecule has 0 spiro atoms. The highest BCUT2D eigenvalue weighted by Crippen LogP contribution is 2.12. The molecular formula is C11H8FNO2. The van der Waals surface area contributed by atoms with Gasteiger partial charge in [0.15, 0.2) is 0 Å². The molecule has 0 amide bonds. The summed E-state index contributed by atoms with van der Waals surface area (Å²) < 4.78 is 13.1. The van der Waals surface area contributed by atoms with Gasteiger partial charge < -0.3 is 5.11 Å². The number of carbonyl (C=O) groups is 1. The summed E-state index contributed by atoms with van der Waals surface area (Å²) in [6.45, 7) is 0. The zero-order valence-electron chi connectivity index (χ0n) is 7.77. The lowest BCUT2D eigenvalue weighted by atomic mass is 10.1. The highest BCUT2D eigenvalue weighted by molar-refractivity contribution is 5.70. The maximum absolute atomic E-state index is 13.1. The molecule has 0 aromatic heterocycles. The SMILES string of the molecule is N#CC=Cc1ccc(F)c(CC(=O)O)c1. The minimum Gasteiger partial charge on any atom is -0.481 e. The fourth-order valence-electron chi connectivity index (χ4n) is 1.13. The number of nitriles is 1. The Bertz CT molecular complexity index is 446. The Labute approximate surface area is 86.1 Å². The van der Waals surface area contributed by atoms with E-state index < -0.39 is 11.8 Å². The fraction of sp³-hybridized carbons (Fsp3) is 0.0909. The van der Waals surface area contributed by atoms with E-state index in [0.29, 0.717) is 5.56 Å². The smallest absolute Gasteiger partial charge is 0.307 e. The van der Waals surface area contributed by atoms with Crippen LogP contribution in [0.25, 0.3) is 6.08 Å². The molecule has 0 unspecified atom stereocenters. The zero-order valence-corrected chi connectivity index (χ0v) is 7.77. The van der Waals surface area contributed by atoms with Crippen molar-refractivity contribution in [3.63, 3.8) is 0 Å². The molecule has 0 heterocycles. The molecule has 4 heteroatoms. The molecule has 0 bridgehead atoms. The summed E-state index contributed by atoms with van der Waals surface area (Å²) in [5.41, 5.74) is 0.719. The van der Waals surface area contributed by atoms with Crippen molar-refractivity contribution < 1.29 is 14.3 Å². The molecule has 0 atom stereocenters. The number of hydrogen-bond donors (Lipinski definition) is 1. The molecular weight excluding hydrogens is 197 g/mol. The summed E-state index contributed by atoms with van der Waals surface area (Å²) in [7, 11) is 0. The Balaban J connectivity index is 3.00. The van der Waals surface area contributed by atoms with Gasteiger partial charge in [0.2, 0.25) is 0 Å². The van der Waals surface area contributed by atoms with Crippen molar-refractivity contribution >= 4 is 12.0 Å². The molecule has 1 N–H and O–H groups in total. The molecule has 1 rings (SSSR count). The normalized spacial score (nSPS) is 10.1. The van der Waals surface area contributed by atoms with Crippen LogP contribution in [0.4, 0.5) is 4.39 Å². The Kier molecular flexibility index (Phi) is 3.58. The van der Waals surface area contributed by atoms with Gasteiger partial charge in [-0.3, -0.25) is 4.79 Å². The quantitative estimate of drug-likeness (QED) is 0.767. The lowest BCUT2D eigenvalue weighted by molar-refractivity contribution is -0.136. The Morgan fingerprint density at radius 3 is 2.93 bits per heavy atom. The summed E-state index contributed by atoms with van der Waals surface area (Å²) in [4.78, 5) is 10.4. The third-order valence-electron chi connectivity index (χ3n) is 1.76. The van der Waals surface area contributed by atoms with Gasteiger partial charge in [-0.1, -0.05) is 6.07 Å². The Morgan fingerprint density at radius 2 is 2.33 bits per heavy atom. The zero-order chi connectivity index (χ0) is 11.3. The van der Waals surface area contributed by atoms with Crippen LogP contribution in [0.3, 0.4) is 0 Å². The average molecular weight is 205 g/mol. The van der Waals surface area contributed by atoms with Crippen LogP contribution < -0.4 is 0 Å². The number of carboxylic acids is 1. The summed E-state index contributed by atoms with van der Waals surface area (Å²) in [6, 6.07) is 5.88. The van der Waals surface area contributed by atoms with Gasteiger partial charge in [0.1, 0.15) is 5.82 Å². The van der Waals surface area contributed by atoms with Crippen LogP contribution in [0.2, 0.25) is 0 Å². The van der Waals surface area contributed by atoms with E-state index in [4.69, 9.17) is 10.4 Å². The third-order valence-corrected chi connectivity index (χ3v) is 1.76. The van der Waals surface area contributed by atoms with Crippen molar-refractivity contribution in [1.29, 1.82) is 5.26 Å². The van der Waals surface area contributed by atoms with Crippen molar-refractivity contribution in [3.8, 4) is 6.07 Å². The van der Waals surface area contributed by atoms with Crippen LogP contribution >= 0.6 is 0 Å². The molecule has 1 aromatic rings. The number of carboxylic acid groups (broad SMARTS) is 1. The van der Waals surface area contributed by atoms with Crippen molar-refractivity contribution in [2.24, 2.45) is 0 Å². The minimum atomic E-state index is -1.09. The first kappa shape index (κ1) is 10.9. The lowest BCUT2D eigenvalue weighted by Crippen LogP contribution is -2.02. The van der Waals surface area contributed by atoms with Gasteiger partial charge in [-0.2, -0.15) is 5.26 Å². The maximum Gasteiger partial charge on any atom is 0.307 e. The van der Waals surface area contributed by atoms with Gasteiger partial charge in [-0.05, 0) is 29.3 Å². The fourth-order valence-corrected chi connectivity index (χ4v) is 1.13. The van der Waals surface area contributed by atoms with E-state index >= 15 is 0 Å². The summed E-state index contributed by atoms with van der Waals surface area (Å²) >= 11 is 0. The number of nitrogens with zero attached hydrogens (tertiary/aromatic N) is 1. The minimum absolute atomic E-state index is 0.114. The number of aliphatic carboxylic acids is 1. The number of hydrogen-bond acceptors (Lipinski definition) is 2. The average Bonchev–Trinajstić information content (AvgIpc) is 2.18. The monoisotopic (exact) mass is 205 g/mol. The van der Waals surface area contributed by atoms with E-state index in [2.05, 4.69) is 0 Å². The molecule has 3 nitrogen and oxygen atoms in total. The van der Waals surface area contributed by atoms with Gasteiger partial charge in [-0.15, -0.1) is 0 Å². The predicted octanol–water partition coefficient (Wildman–Crippen LogP) is 1.99. The van der Waals surface area contributed by atoms with Crippen LogP contribution in [0, 0.1) is 17.1 Å². The van der Waals surface area contributed by atoms with Gasteiger partial charge >= 0.3 is 5.97 Å². The van der Waals surface area contributed by atoms with E-state index in [1.807, 2.05) is 0 Å². The highest BCUT2D eigenvalue weighted by atomic mass is 19.1. The molecule has 0 saturated heterocycles. The second-order valence-electron chi connectivity index (χ2n) is 2.88. The molecule has 76 valence electrons. The van der Waals surface area contributed by atoms with Gasteiger partial charge in [0.05, 0.1) is 12.5 Å². The molecule has 1 aromatic carbocycles. The number of allylic oxidation sites excluding steroid dienone is 1. The standard InChI is InChI=1S/C11H8FNO2/c12-10-4-3-8(2-1-5-13)6-9(10)7-11(14)15/h1-4,6H,7H2,(H,14,15). The van der Waals surface area contributed by atoms with Crippen molar-refractivity contribution in [1.82, 2.24) is 0 Å². The molecule has 0 aliphatic carbocycles. The second kappa shape index (κ2) is 4.91. The molecule has 0 aliphatic heterocycles. The summed E-state index contributed by atoms with van der Waals surface area (Å²) in [6.07, 6.45) is 2.38. The predicted molar refractivity (Wildman–Crippen MR) is 52.4 cm³/mol. The Morgan fingerprint density at radius 1 is 1.60 bits per heavy atom. The van der Waals surface area contributed by atoms with E-state index in [1.165, 1.54) is 30.4 Å². The summed E-state index contributed by atoms with van der Waals surface area (Å²) in [5, 5.41) is 16.8. The van der Waals surface area contributed by atoms with Crippen LogP contribution in [-0.4, -0.2) is 11.1 Å². The van der Waals surface area contributed by atoms with E-state index in [1.54, 1.807) is 6.07 Å². The maximum atomic E-state index is 13.1. The summed E-state index contributed by atoms with van der Waals surface area (Å²) in [5.74, 6) is -1.64. The van der Waals surface area contributed by atoms with Crippen LogP contribution in [-0.2, 0) is 11.2 Å². The van der Waals surface area contributed by atoms with Crippen molar-refractivity contribution in [2.45, 2.75) is 6.42 Å². The highest BCUT2D eigenvalue weighted by Gasteiger charge is 2.06. The van der Waals surface area contributed by atoms with Gasteiger partial charge in [-0.25, -0.2) is 4.39 Å². The molecule has 0 saturated carbocycles. The van der Waals surface area contributed by atoms with Crippen molar-refractivity contribution in [2.75, 3.05) is 0 Å². The number of rotatable bonds is 3. The van der Waals surface area contributed by atoms with E-state index in [0.717, 1.165) is 0 Å². The third kappa shape index (κ3) is 3.24. The Hall–Kier alpha value is -2.15. The van der Waals surface area contributed by atoms with Gasteiger partial charge in [0.25, 0.3) is 0 Å². The first-order valence-corrected chi connectivity index (χ1v) is 4.20. The van der Waals surface area contributed by atoms with E-state index in [9.17, 15) is 9.18 Å². The largest absolute Gasteiger partial charge is 0.481 e. The number of halogens is 1. The molecule has 0 radical (unpaired) electrons. The first-order valence-electron chi connectivity index (χ1n) is 4.20. The number of benzene rings is 1. The van der Waals surface area contributed by atoms with Crippen LogP contribution in [0.15, 0.2) is 24.3 Å². The lowest BCUT2D eigenvalue weighted by Gasteiger charge is -2.01. The molecule has 15 heavy (non-hydrogen) atoms. The van der Waals surface area contributed by atoms with Crippen LogP contribution in [0.1, 0.15) is 11.1 Å². The second-order valence-corrected chi connectivity index (χ2v) is 2.88. The van der Waals surface area contributed by atoms with Crippen LogP contribution in [0.5, 0.6) is 0 Å².